The summed E-state index contributed by atoms with van der Waals surface area (Å²) in [5.41, 5.74) is 2.22. The van der Waals surface area contributed by atoms with Crippen LogP contribution in [0.25, 0.3) is 0 Å². The van der Waals surface area contributed by atoms with Gasteiger partial charge in [0.25, 0.3) is 0 Å². The minimum atomic E-state index is -0.200. The Kier molecular flexibility index (Phi) is 3.52. The highest BCUT2D eigenvalue weighted by Gasteiger charge is 2.30. The predicted octanol–water partition coefficient (Wildman–Crippen LogP) is 1.78. The van der Waals surface area contributed by atoms with Gasteiger partial charge in [0.15, 0.2) is 0 Å². The van der Waals surface area contributed by atoms with E-state index in [9.17, 15) is 4.79 Å². The Hall–Kier alpha value is -2.02. The fraction of sp³-hybridized carbons (Fsp3) is 0.429. The van der Waals surface area contributed by atoms with E-state index in [4.69, 9.17) is 5.26 Å². The van der Waals surface area contributed by atoms with Crippen molar-refractivity contribution in [2.75, 3.05) is 12.4 Å². The van der Waals surface area contributed by atoms with Crippen LogP contribution < -0.4 is 5.32 Å². The molecule has 1 unspecified atom stereocenters. The second-order valence-electron chi connectivity index (χ2n) is 4.72. The van der Waals surface area contributed by atoms with Crippen LogP contribution >= 0.6 is 0 Å². The van der Waals surface area contributed by atoms with Gasteiger partial charge in [-0.3, -0.25) is 4.79 Å². The average molecular weight is 243 g/mol. The number of benzene rings is 1. The zero-order chi connectivity index (χ0) is 13.1. The van der Waals surface area contributed by atoms with Crippen molar-refractivity contribution in [3.63, 3.8) is 0 Å². The van der Waals surface area contributed by atoms with Gasteiger partial charge in [-0.05, 0) is 18.6 Å². The summed E-state index contributed by atoms with van der Waals surface area (Å²) in [7, 11) is 1.76. The number of nitrogens with one attached hydrogen (secondary N) is 1. The quantitative estimate of drug-likeness (QED) is 0.880. The SMILES string of the molecule is CC(CC#N)N(C)C(=O)[C@@H]1Cc2ccccc2N1. The molecular weight excluding hydrogens is 226 g/mol. The summed E-state index contributed by atoms with van der Waals surface area (Å²) in [6, 6.07) is 9.81. The van der Waals surface area contributed by atoms with Crippen molar-refractivity contribution in [2.24, 2.45) is 0 Å². The van der Waals surface area contributed by atoms with Crippen molar-refractivity contribution in [3.8, 4) is 6.07 Å². The maximum Gasteiger partial charge on any atom is 0.245 e. The molecule has 1 aromatic rings. The van der Waals surface area contributed by atoms with Gasteiger partial charge in [0.1, 0.15) is 6.04 Å². The Morgan fingerprint density at radius 1 is 1.61 bits per heavy atom. The van der Waals surface area contributed by atoms with E-state index >= 15 is 0 Å². The fourth-order valence-electron chi connectivity index (χ4n) is 2.18. The number of amides is 1. The summed E-state index contributed by atoms with van der Waals surface area (Å²) in [6.45, 7) is 1.89. The van der Waals surface area contributed by atoms with Crippen LogP contribution in [0, 0.1) is 11.3 Å². The molecule has 2 rings (SSSR count). The zero-order valence-electron chi connectivity index (χ0n) is 10.7. The van der Waals surface area contributed by atoms with Crippen LogP contribution in [0.1, 0.15) is 18.9 Å². The second kappa shape index (κ2) is 5.09. The molecule has 4 heteroatoms. The third-order valence-electron chi connectivity index (χ3n) is 3.46. The molecule has 1 heterocycles. The number of hydrogen-bond donors (Lipinski definition) is 1. The van der Waals surface area contributed by atoms with Gasteiger partial charge in [-0.15, -0.1) is 0 Å². The van der Waals surface area contributed by atoms with E-state index in [-0.39, 0.29) is 18.0 Å². The molecule has 1 aliphatic rings. The van der Waals surface area contributed by atoms with Crippen LogP contribution in [0.4, 0.5) is 5.69 Å². The van der Waals surface area contributed by atoms with Crippen molar-refractivity contribution >= 4 is 11.6 Å². The molecule has 1 aliphatic heterocycles. The van der Waals surface area contributed by atoms with Crippen molar-refractivity contribution in [1.82, 2.24) is 4.90 Å². The smallest absolute Gasteiger partial charge is 0.245 e. The highest BCUT2D eigenvalue weighted by molar-refractivity contribution is 5.87. The third kappa shape index (κ3) is 2.30. The molecule has 0 fully saturated rings. The number of fused-ring (bicyclic) bond motifs is 1. The maximum atomic E-state index is 12.3. The summed E-state index contributed by atoms with van der Waals surface area (Å²) in [4.78, 5) is 13.9. The minimum absolute atomic E-state index is 0.0481. The number of carbonyl (C=O) groups is 1. The summed E-state index contributed by atoms with van der Waals surface area (Å²) in [6.07, 6.45) is 1.08. The summed E-state index contributed by atoms with van der Waals surface area (Å²) in [5, 5.41) is 11.9. The van der Waals surface area contributed by atoms with E-state index in [1.54, 1.807) is 11.9 Å². The number of rotatable bonds is 3. The molecule has 0 saturated carbocycles. The zero-order valence-corrected chi connectivity index (χ0v) is 10.7. The Balaban J connectivity index is 2.03. The molecule has 94 valence electrons. The number of likely N-dealkylation sites (N-methyl/N-ethyl adjacent to an activating group) is 1. The molecule has 2 atom stereocenters. The second-order valence-corrected chi connectivity index (χ2v) is 4.72. The first kappa shape index (κ1) is 12.4. The van der Waals surface area contributed by atoms with Crippen LogP contribution in [0.3, 0.4) is 0 Å². The van der Waals surface area contributed by atoms with Gasteiger partial charge in [-0.25, -0.2) is 0 Å². The molecule has 0 radical (unpaired) electrons. The number of nitriles is 1. The fourth-order valence-corrected chi connectivity index (χ4v) is 2.18. The van der Waals surface area contributed by atoms with Crippen LogP contribution in [-0.2, 0) is 11.2 Å². The lowest BCUT2D eigenvalue weighted by Crippen LogP contribution is -2.44. The highest BCUT2D eigenvalue weighted by Crippen LogP contribution is 2.26. The molecule has 0 aliphatic carbocycles. The van der Waals surface area contributed by atoms with Gasteiger partial charge >= 0.3 is 0 Å². The molecule has 4 nitrogen and oxygen atoms in total. The van der Waals surface area contributed by atoms with Crippen LogP contribution in [-0.4, -0.2) is 29.9 Å². The third-order valence-corrected chi connectivity index (χ3v) is 3.46. The van der Waals surface area contributed by atoms with Gasteiger partial charge in [0, 0.05) is 25.2 Å². The lowest BCUT2D eigenvalue weighted by atomic mass is 10.1. The number of para-hydroxylation sites is 1. The first-order valence-electron chi connectivity index (χ1n) is 6.11. The monoisotopic (exact) mass is 243 g/mol. The summed E-state index contributed by atoms with van der Waals surface area (Å²) in [5.74, 6) is 0.0500. The lowest BCUT2D eigenvalue weighted by molar-refractivity contribution is -0.132. The Bertz CT molecular complexity index is 467. The van der Waals surface area contributed by atoms with Crippen LogP contribution in [0.2, 0.25) is 0 Å². The van der Waals surface area contributed by atoms with Gasteiger partial charge in [0.2, 0.25) is 5.91 Å². The van der Waals surface area contributed by atoms with Crippen LogP contribution in [0.15, 0.2) is 24.3 Å². The van der Waals surface area contributed by atoms with E-state index in [0.717, 1.165) is 12.1 Å². The van der Waals surface area contributed by atoms with E-state index in [1.165, 1.54) is 5.56 Å². The van der Waals surface area contributed by atoms with Gasteiger partial charge in [-0.1, -0.05) is 18.2 Å². The highest BCUT2D eigenvalue weighted by atomic mass is 16.2. The van der Waals surface area contributed by atoms with E-state index < -0.39 is 0 Å². The van der Waals surface area contributed by atoms with Crippen molar-refractivity contribution in [1.29, 1.82) is 5.26 Å². The first-order chi connectivity index (χ1) is 8.63. The molecule has 1 amide bonds. The first-order valence-corrected chi connectivity index (χ1v) is 6.11. The molecule has 0 spiro atoms. The molecule has 1 aromatic carbocycles. The lowest BCUT2D eigenvalue weighted by Gasteiger charge is -2.26. The Labute approximate surface area is 107 Å². The molecular formula is C14H17N3O. The van der Waals surface area contributed by atoms with Crippen molar-refractivity contribution in [2.45, 2.75) is 31.8 Å². The number of carbonyl (C=O) groups excluding carboxylic acids is 1. The van der Waals surface area contributed by atoms with Crippen LogP contribution in [0.5, 0.6) is 0 Å². The van der Waals surface area contributed by atoms with Crippen molar-refractivity contribution in [3.05, 3.63) is 29.8 Å². The minimum Gasteiger partial charge on any atom is -0.373 e. The van der Waals surface area contributed by atoms with Crippen molar-refractivity contribution < 1.29 is 4.79 Å². The van der Waals surface area contributed by atoms with Gasteiger partial charge < -0.3 is 10.2 Å². The summed E-state index contributed by atoms with van der Waals surface area (Å²) < 4.78 is 0. The Morgan fingerprint density at radius 3 is 3.00 bits per heavy atom. The predicted molar refractivity (Wildman–Crippen MR) is 70.0 cm³/mol. The topological polar surface area (TPSA) is 56.1 Å². The van der Waals surface area contributed by atoms with E-state index in [2.05, 4.69) is 11.4 Å². The molecule has 0 aromatic heterocycles. The number of hydrogen-bond acceptors (Lipinski definition) is 3. The maximum absolute atomic E-state index is 12.3. The number of nitrogens with zero attached hydrogens (tertiary/aromatic N) is 2. The van der Waals surface area contributed by atoms with E-state index in [0.29, 0.717) is 6.42 Å². The van der Waals surface area contributed by atoms with Gasteiger partial charge in [0.05, 0.1) is 12.5 Å². The molecule has 1 N–H and O–H groups in total. The number of anilines is 1. The van der Waals surface area contributed by atoms with Gasteiger partial charge in [-0.2, -0.15) is 5.26 Å². The molecule has 0 saturated heterocycles. The normalized spacial score (nSPS) is 18.4. The average Bonchev–Trinajstić information content (AvgIpc) is 2.81. The van der Waals surface area contributed by atoms with E-state index in [1.807, 2.05) is 31.2 Å². The standard InChI is InChI=1S/C14H17N3O/c1-10(7-8-15)17(2)14(18)13-9-11-5-3-4-6-12(11)16-13/h3-6,10,13,16H,7,9H2,1-2H3/t10?,13-/m0/s1. The molecule has 18 heavy (non-hydrogen) atoms. The molecule has 0 bridgehead atoms. The summed E-state index contributed by atoms with van der Waals surface area (Å²) >= 11 is 0. The largest absolute Gasteiger partial charge is 0.373 e. The Morgan fingerprint density at radius 2 is 2.33 bits per heavy atom.